The Morgan fingerprint density at radius 3 is 0.792 bits per heavy atom. The fourth-order valence-electron chi connectivity index (χ4n) is 16.4. The lowest BCUT2D eigenvalue weighted by Crippen LogP contribution is -2.60. The molecule has 4 heterocycles. The van der Waals surface area contributed by atoms with Crippen LogP contribution in [0, 0.1) is 27.6 Å². The first kappa shape index (κ1) is 69.0. The summed E-state index contributed by atoms with van der Waals surface area (Å²) in [6.45, 7) is 55.7. The molecule has 0 aromatic heterocycles. The van der Waals surface area contributed by atoms with Gasteiger partial charge >= 0.3 is 23.9 Å². The maximum atomic E-state index is 12.4. The Bertz CT molecular complexity index is 1790. The molecular weight excluding hydrogens is 965 g/mol. The highest BCUT2D eigenvalue weighted by atomic mass is 16.6. The van der Waals surface area contributed by atoms with Crippen LogP contribution in [-0.4, -0.2) is 116 Å². The molecule has 0 radical (unpaired) electrons. The third-order valence-corrected chi connectivity index (χ3v) is 18.0. The molecule has 0 aromatic carbocycles. The van der Waals surface area contributed by atoms with Crippen molar-refractivity contribution in [1.29, 1.82) is 0 Å². The molecule has 12 heteroatoms. The molecule has 4 saturated heterocycles. The van der Waals surface area contributed by atoms with Gasteiger partial charge in [-0.25, -0.2) is 0 Å². The van der Waals surface area contributed by atoms with Gasteiger partial charge in [0.2, 0.25) is 0 Å². The fraction of sp³-hybridized carbons (Fsp3) is 0.938. The molecule has 12 nitrogen and oxygen atoms in total. The van der Waals surface area contributed by atoms with E-state index >= 15 is 0 Å². The summed E-state index contributed by atoms with van der Waals surface area (Å²) in [5, 5.41) is 7.11. The van der Waals surface area contributed by atoms with Crippen molar-refractivity contribution >= 4 is 23.9 Å². The van der Waals surface area contributed by atoms with E-state index in [-0.39, 0.29) is 81.6 Å². The third-order valence-electron chi connectivity index (χ3n) is 18.0. The average Bonchev–Trinajstić information content (AvgIpc) is 3.11. The van der Waals surface area contributed by atoms with Crippen molar-refractivity contribution in [2.45, 2.75) is 351 Å². The molecule has 6 rings (SSSR count). The van der Waals surface area contributed by atoms with Crippen molar-refractivity contribution in [3.63, 3.8) is 0 Å². The van der Waals surface area contributed by atoms with Crippen LogP contribution < -0.4 is 10.6 Å². The van der Waals surface area contributed by atoms with Gasteiger partial charge in [-0.15, -0.1) is 0 Å². The number of nitrogens with zero attached hydrogens (tertiary/aromatic N) is 2. The number of rotatable bonds is 8. The van der Waals surface area contributed by atoms with E-state index in [0.29, 0.717) is 21.7 Å². The summed E-state index contributed by atoms with van der Waals surface area (Å²) < 4.78 is 22.6. The first-order valence-corrected chi connectivity index (χ1v) is 30.1. The van der Waals surface area contributed by atoms with Gasteiger partial charge < -0.3 is 29.6 Å². The topological polar surface area (TPSA) is 136 Å². The summed E-state index contributed by atoms with van der Waals surface area (Å²) in [4.78, 5) is 54.1. The number of likely N-dealkylation sites (tertiary alicyclic amines) is 2. The van der Waals surface area contributed by atoms with E-state index in [4.69, 9.17) is 18.9 Å². The first-order valence-electron chi connectivity index (χ1n) is 30.1. The standard InChI is InChI=1S/C23H42N2O4.C21H38N2O4.C11H22.C10H20/c1-20(2)12-16(13-21(3,4)24(20)9)28-18(26)11-19(27)29-17-14-22(5,6)25(10)23(7,8)15-17;1-18(2)10-14(11-19(3,4)22-18)26-16(24)9-17(25)27-15-12-20(5,6)23-21(7,8)13-15;1-9-6-10(2,3)8-11(4,5)7-9;1-9(2)6-5-7-10(3,4)8-9/h16-17H,11-15H2,1-10H3;14-15,22-23H,9-13H2,1-8H3;9H,6-8H2,1-5H3;5-8H2,1-4H3. The lowest BCUT2D eigenvalue weighted by molar-refractivity contribution is -0.170. The molecule has 450 valence electrons. The summed E-state index contributed by atoms with van der Waals surface area (Å²) in [6, 6.07) is 0. The SMILES string of the molecule is CC1(C)CC(OC(=O)CC(=O)OC2CC(C)(C)NC(C)(C)C2)CC(C)(C)N1.CC1(C)CCCC(C)(C)C1.CC1CC(C)(C)CC(C)(C)C1.CN1C(C)(C)CC(OC(=O)CC(=O)OC2CC(C)(C)N(C)C(C)(C)C2)CC1(C)C. The molecule has 0 unspecified atom stereocenters. The quantitative estimate of drug-likeness (QED) is 0.136. The highest BCUT2D eigenvalue weighted by Gasteiger charge is 2.47. The largest absolute Gasteiger partial charge is 0.462 e. The van der Waals surface area contributed by atoms with Gasteiger partial charge in [0.25, 0.3) is 0 Å². The second kappa shape index (κ2) is 24.7. The summed E-state index contributed by atoms with van der Waals surface area (Å²) in [5.74, 6) is -1.03. The summed E-state index contributed by atoms with van der Waals surface area (Å²) in [5.41, 5.74) is 1.66. The molecule has 6 fully saturated rings. The van der Waals surface area contributed by atoms with Gasteiger partial charge in [0, 0.05) is 95.7 Å². The summed E-state index contributed by atoms with van der Waals surface area (Å²) >= 11 is 0. The highest BCUT2D eigenvalue weighted by molar-refractivity contribution is 5.91. The lowest BCUT2D eigenvalue weighted by atomic mass is 9.62. The number of hydrogen-bond acceptors (Lipinski definition) is 12. The molecule has 0 amide bonds. The van der Waals surface area contributed by atoms with E-state index in [1.165, 1.54) is 44.9 Å². The zero-order valence-electron chi connectivity index (χ0n) is 55.1. The van der Waals surface area contributed by atoms with Gasteiger partial charge in [0.1, 0.15) is 37.3 Å². The van der Waals surface area contributed by atoms with Crippen molar-refractivity contribution in [2.75, 3.05) is 14.1 Å². The number of esters is 4. The summed E-state index contributed by atoms with van der Waals surface area (Å²) in [6.07, 6.45) is 14.5. The zero-order chi connectivity index (χ0) is 59.6. The predicted molar refractivity (Wildman–Crippen MR) is 317 cm³/mol. The minimum absolute atomic E-state index is 0.0709. The van der Waals surface area contributed by atoms with E-state index < -0.39 is 23.9 Å². The van der Waals surface area contributed by atoms with Crippen molar-refractivity contribution in [2.24, 2.45) is 27.6 Å². The van der Waals surface area contributed by atoms with Crippen molar-refractivity contribution in [1.82, 2.24) is 20.4 Å². The van der Waals surface area contributed by atoms with Crippen LogP contribution in [0.2, 0.25) is 0 Å². The Hall–Kier alpha value is -2.28. The molecule has 0 aromatic rings. The van der Waals surface area contributed by atoms with Crippen LogP contribution in [0.25, 0.3) is 0 Å². The number of piperidine rings is 4. The Morgan fingerprint density at radius 2 is 0.584 bits per heavy atom. The molecule has 77 heavy (non-hydrogen) atoms. The van der Waals surface area contributed by atoms with Gasteiger partial charge in [0.05, 0.1) is 0 Å². The van der Waals surface area contributed by atoms with Crippen molar-refractivity contribution in [3.8, 4) is 0 Å². The lowest BCUT2D eigenvalue weighted by Gasteiger charge is -2.53. The Kier molecular flexibility index (Phi) is 22.1. The molecule has 0 spiro atoms. The zero-order valence-corrected chi connectivity index (χ0v) is 55.1. The molecule has 2 aliphatic carbocycles. The number of carbonyl (C=O) groups excluding carboxylic acids is 4. The van der Waals surface area contributed by atoms with Crippen LogP contribution in [0.1, 0.15) is 282 Å². The molecule has 2 saturated carbocycles. The van der Waals surface area contributed by atoms with Gasteiger partial charge in [-0.05, 0) is 191 Å². The monoisotopic (exact) mass is 1090 g/mol. The van der Waals surface area contributed by atoms with E-state index in [2.05, 4.69) is 208 Å². The molecule has 2 N–H and O–H groups in total. The maximum absolute atomic E-state index is 12.4. The smallest absolute Gasteiger partial charge is 0.317 e. The van der Waals surface area contributed by atoms with Crippen molar-refractivity contribution in [3.05, 3.63) is 0 Å². The van der Waals surface area contributed by atoms with Gasteiger partial charge in [-0.3, -0.25) is 29.0 Å². The number of ether oxygens (including phenoxy) is 4. The normalized spacial score (nSPS) is 28.0. The Labute approximate surface area is 473 Å². The van der Waals surface area contributed by atoms with E-state index in [1.807, 2.05) is 0 Å². The van der Waals surface area contributed by atoms with Crippen LogP contribution in [0.15, 0.2) is 0 Å². The van der Waals surface area contributed by atoms with Gasteiger partial charge in [-0.1, -0.05) is 68.7 Å². The summed E-state index contributed by atoms with van der Waals surface area (Å²) in [7, 11) is 4.22. The number of hydrogen-bond donors (Lipinski definition) is 2. The minimum Gasteiger partial charge on any atom is -0.462 e. The van der Waals surface area contributed by atoms with Crippen molar-refractivity contribution < 1.29 is 38.1 Å². The number of nitrogens with one attached hydrogen (secondary N) is 2. The van der Waals surface area contributed by atoms with Gasteiger partial charge in [-0.2, -0.15) is 0 Å². The van der Waals surface area contributed by atoms with Crippen LogP contribution >= 0.6 is 0 Å². The molecule has 0 atom stereocenters. The van der Waals surface area contributed by atoms with Crippen LogP contribution in [0.4, 0.5) is 0 Å². The average molecular weight is 1090 g/mol. The Morgan fingerprint density at radius 1 is 0.364 bits per heavy atom. The number of carbonyl (C=O) groups is 4. The second-order valence-electron chi connectivity index (χ2n) is 34.0. The first-order chi connectivity index (χ1) is 34.2. The predicted octanol–water partition coefficient (Wildman–Crippen LogP) is 14.3. The van der Waals surface area contributed by atoms with Crippen LogP contribution in [-0.2, 0) is 38.1 Å². The maximum Gasteiger partial charge on any atom is 0.317 e. The van der Waals surface area contributed by atoms with E-state index in [9.17, 15) is 19.2 Å². The van der Waals surface area contributed by atoms with Gasteiger partial charge in [0.15, 0.2) is 0 Å². The van der Waals surface area contributed by atoms with E-state index in [0.717, 1.165) is 57.3 Å². The molecular formula is C65H122N4O8. The molecule has 6 aliphatic rings. The van der Waals surface area contributed by atoms with E-state index in [1.54, 1.807) is 0 Å². The Balaban J connectivity index is 0.000000296. The van der Waals surface area contributed by atoms with Crippen LogP contribution in [0.5, 0.6) is 0 Å². The second-order valence-corrected chi connectivity index (χ2v) is 34.0. The molecule has 0 bridgehead atoms. The minimum atomic E-state index is -0.494. The highest BCUT2D eigenvalue weighted by Crippen LogP contribution is 2.48. The molecule has 4 aliphatic heterocycles. The fourth-order valence-corrected chi connectivity index (χ4v) is 16.4. The van der Waals surface area contributed by atoms with Crippen LogP contribution in [0.3, 0.4) is 0 Å². The third kappa shape index (κ3) is 23.2.